The van der Waals surface area contributed by atoms with Gasteiger partial charge in [-0.1, -0.05) is 30.3 Å². The number of carboxylic acid groups (broad SMARTS) is 1. The molecule has 1 unspecified atom stereocenters. The van der Waals surface area contributed by atoms with Crippen LogP contribution in [0.5, 0.6) is 0 Å². The van der Waals surface area contributed by atoms with Crippen molar-refractivity contribution in [2.45, 2.75) is 12.5 Å². The fraction of sp³-hybridized carbons (Fsp3) is 0.462. The number of aliphatic hydroxyl groups is 2. The Bertz CT molecular complexity index is 381. The fourth-order valence-corrected chi connectivity index (χ4v) is 1.99. The maximum atomic E-state index is 11.5. The molecule has 0 aromatic heterocycles. The van der Waals surface area contributed by atoms with Crippen molar-refractivity contribution in [3.63, 3.8) is 0 Å². The molecule has 2 N–H and O–H groups in total. The summed E-state index contributed by atoms with van der Waals surface area (Å²) in [6, 6.07) is 8.66. The van der Waals surface area contributed by atoms with Crippen LogP contribution in [0.3, 0.4) is 0 Å². The predicted molar refractivity (Wildman–Crippen MR) is 64.5 cm³/mol. The smallest absolute Gasteiger partial charge is 0.548 e. The van der Waals surface area contributed by atoms with Crippen molar-refractivity contribution >= 4 is 5.97 Å². The van der Waals surface area contributed by atoms with Crippen LogP contribution in [0.25, 0.3) is 0 Å². The molecule has 0 bridgehead atoms. The van der Waals surface area contributed by atoms with E-state index in [1.165, 1.54) is 11.8 Å². The zero-order valence-electron chi connectivity index (χ0n) is 11.4. The first-order valence-electron chi connectivity index (χ1n) is 5.81. The van der Waals surface area contributed by atoms with Crippen molar-refractivity contribution in [1.29, 1.82) is 0 Å². The first-order chi connectivity index (χ1) is 8.57. The van der Waals surface area contributed by atoms with E-state index in [4.69, 9.17) is 10.2 Å². The number of carboxylic acids is 1. The van der Waals surface area contributed by atoms with Crippen LogP contribution in [0.1, 0.15) is 12.5 Å². The van der Waals surface area contributed by atoms with Gasteiger partial charge in [0.1, 0.15) is 0 Å². The van der Waals surface area contributed by atoms with Crippen LogP contribution in [-0.4, -0.2) is 47.4 Å². The molecule has 5 nitrogen and oxygen atoms in total. The second-order valence-corrected chi connectivity index (χ2v) is 4.16. The van der Waals surface area contributed by atoms with Crippen LogP contribution in [0.4, 0.5) is 0 Å². The Morgan fingerprint density at radius 1 is 1.21 bits per heavy atom. The molecule has 100 valence electrons. The van der Waals surface area contributed by atoms with Crippen LogP contribution in [0, 0.1) is 0 Å². The molecular weight excluding hydrogens is 257 g/mol. The Labute approximate surface area is 135 Å². The second kappa shape index (κ2) is 8.68. The van der Waals surface area contributed by atoms with Crippen molar-refractivity contribution in [3.05, 3.63) is 35.9 Å². The summed E-state index contributed by atoms with van der Waals surface area (Å²) in [5.74, 6) is -1.25. The zero-order chi connectivity index (χ0) is 13.6. The first-order valence-corrected chi connectivity index (χ1v) is 5.81. The molecule has 1 rings (SSSR count). The SMILES string of the molecule is CC(C(=O)[O-])(c1ccccc1)N(CCO)CCO.[Na+]. The van der Waals surface area contributed by atoms with Gasteiger partial charge in [0.2, 0.25) is 0 Å². The van der Waals surface area contributed by atoms with E-state index < -0.39 is 11.5 Å². The van der Waals surface area contributed by atoms with Crippen molar-refractivity contribution in [1.82, 2.24) is 4.90 Å². The number of hydrogen-bond acceptors (Lipinski definition) is 5. The van der Waals surface area contributed by atoms with Gasteiger partial charge in [-0.05, 0) is 12.5 Å². The molecule has 0 amide bonds. The normalized spacial score (nSPS) is 13.7. The molecule has 1 aromatic rings. The third-order valence-electron chi connectivity index (χ3n) is 3.11. The van der Waals surface area contributed by atoms with E-state index in [1.54, 1.807) is 30.3 Å². The van der Waals surface area contributed by atoms with Crippen LogP contribution in [0.15, 0.2) is 30.3 Å². The molecule has 1 aromatic carbocycles. The summed E-state index contributed by atoms with van der Waals surface area (Å²) in [7, 11) is 0. The zero-order valence-corrected chi connectivity index (χ0v) is 13.4. The number of rotatable bonds is 7. The minimum atomic E-state index is -1.37. The number of nitrogens with zero attached hydrogens (tertiary/aromatic N) is 1. The van der Waals surface area contributed by atoms with E-state index in [0.717, 1.165) is 0 Å². The van der Waals surface area contributed by atoms with Gasteiger partial charge in [0.25, 0.3) is 0 Å². The number of benzene rings is 1. The van der Waals surface area contributed by atoms with Crippen LogP contribution < -0.4 is 34.7 Å². The molecule has 0 aliphatic heterocycles. The number of carbonyl (C=O) groups excluding carboxylic acids is 1. The summed E-state index contributed by atoms with van der Waals surface area (Å²) in [6.45, 7) is 1.45. The van der Waals surface area contributed by atoms with Gasteiger partial charge in [-0.3, -0.25) is 4.90 Å². The molecule has 1 atom stereocenters. The summed E-state index contributed by atoms with van der Waals surface area (Å²) < 4.78 is 0. The standard InChI is InChI=1S/C13H19NO4.Na/c1-13(12(17)18,11-5-3-2-4-6-11)14(7-9-15)8-10-16;/h2-6,15-16H,7-10H2,1H3,(H,17,18);/q;+1/p-1. The van der Waals surface area contributed by atoms with Gasteiger partial charge in [-0.25, -0.2) is 0 Å². The quantitative estimate of drug-likeness (QED) is 0.495. The maximum absolute atomic E-state index is 11.5. The summed E-state index contributed by atoms with van der Waals surface area (Å²) in [6.07, 6.45) is 0. The van der Waals surface area contributed by atoms with E-state index in [9.17, 15) is 9.90 Å². The van der Waals surface area contributed by atoms with Crippen LogP contribution in [0.2, 0.25) is 0 Å². The summed E-state index contributed by atoms with van der Waals surface area (Å²) in [4.78, 5) is 13.0. The molecule has 0 heterocycles. The Morgan fingerprint density at radius 3 is 2.05 bits per heavy atom. The maximum Gasteiger partial charge on any atom is 1.00 e. The third-order valence-corrected chi connectivity index (χ3v) is 3.11. The van der Waals surface area contributed by atoms with E-state index in [1.807, 2.05) is 0 Å². The van der Waals surface area contributed by atoms with E-state index in [2.05, 4.69) is 0 Å². The minimum absolute atomic E-state index is 0. The molecule has 0 spiro atoms. The Morgan fingerprint density at radius 2 is 1.68 bits per heavy atom. The van der Waals surface area contributed by atoms with Crippen molar-refractivity contribution in [2.24, 2.45) is 0 Å². The van der Waals surface area contributed by atoms with Crippen LogP contribution >= 0.6 is 0 Å². The monoisotopic (exact) mass is 275 g/mol. The average molecular weight is 275 g/mol. The molecule has 6 heteroatoms. The minimum Gasteiger partial charge on any atom is -0.548 e. The summed E-state index contributed by atoms with van der Waals surface area (Å²) in [5, 5.41) is 29.5. The second-order valence-electron chi connectivity index (χ2n) is 4.16. The van der Waals surface area contributed by atoms with Gasteiger partial charge < -0.3 is 20.1 Å². The molecular formula is C13H18NNaO4. The Kier molecular flexibility index (Phi) is 8.49. The molecule has 0 radical (unpaired) electrons. The predicted octanol–water partition coefficient (Wildman–Crippen LogP) is -4.06. The molecule has 0 fully saturated rings. The van der Waals surface area contributed by atoms with Gasteiger partial charge in [0.05, 0.1) is 24.7 Å². The van der Waals surface area contributed by atoms with Crippen LogP contribution in [-0.2, 0) is 10.3 Å². The number of aliphatic carboxylic acids is 1. The number of carbonyl (C=O) groups is 1. The molecule has 19 heavy (non-hydrogen) atoms. The van der Waals surface area contributed by atoms with Gasteiger partial charge in [-0.2, -0.15) is 0 Å². The molecule has 0 aliphatic carbocycles. The average Bonchev–Trinajstić information content (AvgIpc) is 2.38. The number of hydrogen-bond donors (Lipinski definition) is 2. The van der Waals surface area contributed by atoms with Gasteiger partial charge in [-0.15, -0.1) is 0 Å². The summed E-state index contributed by atoms with van der Waals surface area (Å²) in [5.41, 5.74) is -0.806. The third kappa shape index (κ3) is 4.27. The topological polar surface area (TPSA) is 83.8 Å². The largest absolute Gasteiger partial charge is 1.00 e. The number of aliphatic hydroxyl groups excluding tert-OH is 2. The summed E-state index contributed by atoms with van der Waals surface area (Å²) >= 11 is 0. The molecule has 0 aliphatic rings. The van der Waals surface area contributed by atoms with Crippen molar-refractivity contribution in [3.8, 4) is 0 Å². The van der Waals surface area contributed by atoms with Crippen molar-refractivity contribution in [2.75, 3.05) is 26.3 Å². The first kappa shape index (κ1) is 18.6. The van der Waals surface area contributed by atoms with E-state index in [-0.39, 0.29) is 55.9 Å². The van der Waals surface area contributed by atoms with E-state index in [0.29, 0.717) is 5.56 Å². The van der Waals surface area contributed by atoms with E-state index >= 15 is 0 Å². The molecule has 0 saturated carbocycles. The van der Waals surface area contributed by atoms with Gasteiger partial charge in [0.15, 0.2) is 0 Å². The molecule has 0 saturated heterocycles. The van der Waals surface area contributed by atoms with Gasteiger partial charge in [0, 0.05) is 13.1 Å². The Hall–Kier alpha value is -0.430. The van der Waals surface area contributed by atoms with Gasteiger partial charge >= 0.3 is 29.6 Å². The fourth-order valence-electron chi connectivity index (χ4n) is 1.99. The Balaban J connectivity index is 0.00000324. The van der Waals surface area contributed by atoms with Crippen molar-refractivity contribution < 1.29 is 49.7 Å².